The van der Waals surface area contributed by atoms with Crippen molar-refractivity contribution in [2.75, 3.05) is 24.9 Å². The number of ether oxygens (including phenoxy) is 3. The summed E-state index contributed by atoms with van der Waals surface area (Å²) in [6.45, 7) is 1.98. The van der Waals surface area contributed by atoms with Crippen molar-refractivity contribution in [3.05, 3.63) is 99.4 Å². The van der Waals surface area contributed by atoms with E-state index in [4.69, 9.17) is 37.4 Å². The Morgan fingerprint density at radius 3 is 2.49 bits per heavy atom. The fourth-order valence-electron chi connectivity index (χ4n) is 4.42. The van der Waals surface area contributed by atoms with Gasteiger partial charge < -0.3 is 24.8 Å². The van der Waals surface area contributed by atoms with Crippen molar-refractivity contribution in [2.24, 2.45) is 0 Å². The molecule has 1 atom stereocenters. The Morgan fingerprint density at radius 2 is 1.74 bits per heavy atom. The molecule has 1 amide bonds. The molecule has 1 unspecified atom stereocenters. The fraction of sp³-hybridized carbons (Fsp3) is 0.179. The smallest absolute Gasteiger partial charge is 0.255 e. The second-order valence-corrected chi connectivity index (χ2v) is 9.46. The van der Waals surface area contributed by atoms with Gasteiger partial charge in [-0.1, -0.05) is 47.5 Å². The van der Waals surface area contributed by atoms with Gasteiger partial charge in [0, 0.05) is 21.3 Å². The number of rotatable bonds is 8. The average Bonchev–Trinajstić information content (AvgIpc) is 3.40. The molecule has 0 spiro atoms. The van der Waals surface area contributed by atoms with E-state index in [2.05, 4.69) is 20.7 Å². The molecule has 9 nitrogen and oxygen atoms in total. The molecule has 0 saturated heterocycles. The third-order valence-corrected chi connectivity index (χ3v) is 7.04. The fourth-order valence-corrected chi connectivity index (χ4v) is 4.93. The highest BCUT2D eigenvalue weighted by Crippen LogP contribution is 2.39. The minimum absolute atomic E-state index is 0.153. The number of nitrogens with one attached hydrogen (secondary N) is 2. The summed E-state index contributed by atoms with van der Waals surface area (Å²) in [6, 6.07) is 17.4. The van der Waals surface area contributed by atoms with Gasteiger partial charge in [0.15, 0.2) is 11.5 Å². The Labute approximate surface area is 235 Å². The number of methoxy groups -OCH3 is 2. The summed E-state index contributed by atoms with van der Waals surface area (Å²) in [4.78, 5) is 18.0. The number of nitrogens with zero attached hydrogens (tertiary/aromatic N) is 3. The van der Waals surface area contributed by atoms with Crippen molar-refractivity contribution in [1.82, 2.24) is 14.8 Å². The van der Waals surface area contributed by atoms with E-state index >= 15 is 0 Å². The highest BCUT2D eigenvalue weighted by molar-refractivity contribution is 6.35. The van der Waals surface area contributed by atoms with Crippen molar-refractivity contribution < 1.29 is 19.0 Å². The molecule has 200 valence electrons. The van der Waals surface area contributed by atoms with Crippen LogP contribution in [-0.4, -0.2) is 34.9 Å². The number of fused-ring (bicyclic) bond motifs is 1. The Hall–Kier alpha value is -4.21. The van der Waals surface area contributed by atoms with Crippen LogP contribution in [0.1, 0.15) is 24.1 Å². The maximum Gasteiger partial charge on any atom is 0.255 e. The summed E-state index contributed by atoms with van der Waals surface area (Å²) in [5.74, 6) is 1.71. The van der Waals surface area contributed by atoms with Gasteiger partial charge in [-0.2, -0.15) is 10.1 Å². The van der Waals surface area contributed by atoms with Crippen molar-refractivity contribution in [1.29, 1.82) is 0 Å². The molecule has 0 aliphatic carbocycles. The zero-order valence-electron chi connectivity index (χ0n) is 21.4. The lowest BCUT2D eigenvalue weighted by molar-refractivity contribution is -0.113. The second kappa shape index (κ2) is 11.3. The number of allylic oxidation sites excluding steroid dienone is 1. The molecular formula is C28H25Cl2N5O4. The van der Waals surface area contributed by atoms with Crippen LogP contribution in [0.2, 0.25) is 10.0 Å². The molecule has 5 rings (SSSR count). The molecule has 2 heterocycles. The summed E-state index contributed by atoms with van der Waals surface area (Å²) in [5.41, 5.74) is 3.06. The number of anilines is 2. The average molecular weight is 566 g/mol. The monoisotopic (exact) mass is 565 g/mol. The molecule has 11 heteroatoms. The number of carbonyl (C=O) groups is 1. The number of amides is 1. The van der Waals surface area contributed by atoms with Crippen LogP contribution in [0.5, 0.6) is 17.2 Å². The second-order valence-electron chi connectivity index (χ2n) is 8.65. The number of hydrogen-bond donors (Lipinski definition) is 2. The van der Waals surface area contributed by atoms with Gasteiger partial charge in [0.1, 0.15) is 24.7 Å². The van der Waals surface area contributed by atoms with Crippen LogP contribution in [0, 0.1) is 0 Å². The van der Waals surface area contributed by atoms with Gasteiger partial charge in [0.2, 0.25) is 5.95 Å². The Balaban J connectivity index is 1.49. The summed E-state index contributed by atoms with van der Waals surface area (Å²) in [6.07, 6.45) is 1.44. The maximum absolute atomic E-state index is 13.7. The third-order valence-electron chi connectivity index (χ3n) is 6.33. The van der Waals surface area contributed by atoms with Crippen molar-refractivity contribution in [3.8, 4) is 17.2 Å². The highest BCUT2D eigenvalue weighted by Gasteiger charge is 2.34. The zero-order chi connectivity index (χ0) is 27.5. The van der Waals surface area contributed by atoms with E-state index in [0.29, 0.717) is 55.8 Å². The molecule has 0 fully saturated rings. The van der Waals surface area contributed by atoms with E-state index < -0.39 is 6.04 Å². The van der Waals surface area contributed by atoms with Crippen LogP contribution in [0.15, 0.2) is 78.3 Å². The van der Waals surface area contributed by atoms with Gasteiger partial charge in [-0.3, -0.25) is 4.79 Å². The van der Waals surface area contributed by atoms with E-state index in [1.165, 1.54) is 6.33 Å². The highest BCUT2D eigenvalue weighted by atomic mass is 35.5. The number of para-hydroxylation sites is 2. The number of carbonyl (C=O) groups excluding carboxylic acids is 1. The molecule has 2 N–H and O–H groups in total. The Kier molecular flexibility index (Phi) is 7.63. The summed E-state index contributed by atoms with van der Waals surface area (Å²) in [7, 11) is 3.10. The molecule has 4 aromatic rings. The number of hydrogen-bond acceptors (Lipinski definition) is 7. The lowest BCUT2D eigenvalue weighted by atomic mass is 9.94. The van der Waals surface area contributed by atoms with Gasteiger partial charge >= 0.3 is 0 Å². The zero-order valence-corrected chi connectivity index (χ0v) is 22.9. The first-order chi connectivity index (χ1) is 18.9. The van der Waals surface area contributed by atoms with Gasteiger partial charge in [0.25, 0.3) is 5.91 Å². The maximum atomic E-state index is 13.7. The summed E-state index contributed by atoms with van der Waals surface area (Å²) < 4.78 is 18.7. The molecule has 39 heavy (non-hydrogen) atoms. The largest absolute Gasteiger partial charge is 0.495 e. The summed E-state index contributed by atoms with van der Waals surface area (Å²) in [5, 5.41) is 11.6. The molecule has 0 radical (unpaired) electrons. The normalized spacial score (nSPS) is 14.3. The molecule has 0 saturated carbocycles. The summed E-state index contributed by atoms with van der Waals surface area (Å²) >= 11 is 12.6. The van der Waals surface area contributed by atoms with E-state index in [1.54, 1.807) is 55.3 Å². The van der Waals surface area contributed by atoms with Crippen molar-refractivity contribution in [2.45, 2.75) is 19.6 Å². The molecule has 3 aromatic carbocycles. The Bertz CT molecular complexity index is 1550. The van der Waals surface area contributed by atoms with Crippen LogP contribution >= 0.6 is 23.2 Å². The molecule has 0 bridgehead atoms. The number of aromatic nitrogens is 3. The number of benzene rings is 3. The minimum atomic E-state index is -0.598. The third kappa shape index (κ3) is 5.23. The van der Waals surface area contributed by atoms with Gasteiger partial charge in [-0.05, 0) is 48.9 Å². The first kappa shape index (κ1) is 26.4. The van der Waals surface area contributed by atoms with E-state index in [9.17, 15) is 4.79 Å². The lowest BCUT2D eigenvalue weighted by Crippen LogP contribution is -2.31. The molecule has 1 aromatic heterocycles. The first-order valence-corrected chi connectivity index (χ1v) is 12.7. The number of halogens is 2. The standard InChI is InChI=1S/C28H25Cl2N5O4/c1-16-25(27(36)34-21-9-4-5-10-22(21)37-2)26(35-28(33-16)31-15-32-35)17-11-12-23(24(13-17)38-3)39-14-18-19(29)7-6-8-20(18)30/h4-13,15,26H,14H2,1-3H3,(H,34,36)(H,31,32,33). The molecular weight excluding hydrogens is 541 g/mol. The van der Waals surface area contributed by atoms with Crippen LogP contribution in [0.4, 0.5) is 11.6 Å². The van der Waals surface area contributed by atoms with Crippen molar-refractivity contribution >= 4 is 40.7 Å². The molecule has 1 aliphatic heterocycles. The van der Waals surface area contributed by atoms with Gasteiger partial charge in [-0.25, -0.2) is 4.68 Å². The van der Waals surface area contributed by atoms with Crippen LogP contribution in [0.3, 0.4) is 0 Å². The van der Waals surface area contributed by atoms with Crippen LogP contribution in [-0.2, 0) is 11.4 Å². The lowest BCUT2D eigenvalue weighted by Gasteiger charge is -2.29. The molecule has 1 aliphatic rings. The minimum Gasteiger partial charge on any atom is -0.495 e. The first-order valence-electron chi connectivity index (χ1n) is 12.0. The van der Waals surface area contributed by atoms with Gasteiger partial charge in [-0.15, -0.1) is 0 Å². The van der Waals surface area contributed by atoms with Crippen molar-refractivity contribution in [3.63, 3.8) is 0 Å². The topological polar surface area (TPSA) is 99.5 Å². The quantitative estimate of drug-likeness (QED) is 0.266. The predicted molar refractivity (Wildman–Crippen MR) is 150 cm³/mol. The van der Waals surface area contributed by atoms with Crippen LogP contribution < -0.4 is 24.8 Å². The van der Waals surface area contributed by atoms with Crippen LogP contribution in [0.25, 0.3) is 0 Å². The van der Waals surface area contributed by atoms with Gasteiger partial charge in [0.05, 0.1) is 25.5 Å². The Morgan fingerprint density at radius 1 is 1.00 bits per heavy atom. The SMILES string of the molecule is COc1ccccc1NC(=O)C1=C(C)Nc2ncnn2C1c1ccc(OCc2c(Cl)cccc2Cl)c(OC)c1. The van der Waals surface area contributed by atoms with E-state index in [1.807, 2.05) is 31.2 Å². The van der Waals surface area contributed by atoms with E-state index in [0.717, 1.165) is 5.56 Å². The van der Waals surface area contributed by atoms with E-state index in [-0.39, 0.29) is 12.5 Å². The predicted octanol–water partition coefficient (Wildman–Crippen LogP) is 6.11.